The molecule has 1 rings (SSSR count). The maximum absolute atomic E-state index is 11.8. The quantitative estimate of drug-likeness (QED) is 0.713. The van der Waals surface area contributed by atoms with Gasteiger partial charge in [-0.15, -0.1) is 0 Å². The Balaban J connectivity index is 2.59. The van der Waals surface area contributed by atoms with E-state index in [-0.39, 0.29) is 5.97 Å². The van der Waals surface area contributed by atoms with Crippen molar-refractivity contribution in [1.82, 2.24) is 5.32 Å². The average Bonchev–Trinajstić information content (AvgIpc) is 2.29. The van der Waals surface area contributed by atoms with Gasteiger partial charge >= 0.3 is 5.97 Å². The topological polar surface area (TPSA) is 47.6 Å². The molecule has 0 atom stereocenters. The van der Waals surface area contributed by atoms with E-state index in [1.165, 1.54) is 0 Å². The summed E-state index contributed by atoms with van der Waals surface area (Å²) in [7, 11) is 3.55. The third-order valence-electron chi connectivity index (χ3n) is 3.26. The molecular formula is C11H21NO3. The molecule has 0 saturated heterocycles. The van der Waals surface area contributed by atoms with Gasteiger partial charge in [-0.05, 0) is 39.7 Å². The van der Waals surface area contributed by atoms with E-state index in [9.17, 15) is 4.79 Å². The molecule has 0 bridgehead atoms. The van der Waals surface area contributed by atoms with Crippen LogP contribution in [0.4, 0.5) is 0 Å². The Kier molecular flexibility index (Phi) is 4.54. The van der Waals surface area contributed by atoms with Crippen LogP contribution in [-0.4, -0.2) is 38.4 Å². The van der Waals surface area contributed by atoms with Crippen molar-refractivity contribution in [1.29, 1.82) is 0 Å². The number of hydrogen-bond donors (Lipinski definition) is 1. The fourth-order valence-corrected chi connectivity index (χ4v) is 2.15. The zero-order valence-corrected chi connectivity index (χ0v) is 9.84. The van der Waals surface area contributed by atoms with Crippen LogP contribution >= 0.6 is 0 Å². The Bertz CT molecular complexity index is 210. The first-order chi connectivity index (χ1) is 7.18. The van der Waals surface area contributed by atoms with Gasteiger partial charge in [0.2, 0.25) is 0 Å². The van der Waals surface area contributed by atoms with E-state index in [1.54, 1.807) is 7.11 Å². The average molecular weight is 215 g/mol. The van der Waals surface area contributed by atoms with E-state index in [2.05, 4.69) is 5.32 Å². The molecule has 15 heavy (non-hydrogen) atoms. The minimum atomic E-state index is -0.481. The van der Waals surface area contributed by atoms with Crippen LogP contribution in [0.5, 0.6) is 0 Å². The molecular weight excluding hydrogens is 194 g/mol. The van der Waals surface area contributed by atoms with Crippen LogP contribution in [-0.2, 0) is 14.3 Å². The summed E-state index contributed by atoms with van der Waals surface area (Å²) in [4.78, 5) is 11.8. The monoisotopic (exact) mass is 215 g/mol. The molecule has 0 spiro atoms. The second kappa shape index (κ2) is 5.47. The number of likely N-dealkylation sites (N-methyl/N-ethyl adjacent to an activating group) is 1. The number of hydrogen-bond acceptors (Lipinski definition) is 4. The van der Waals surface area contributed by atoms with E-state index in [0.717, 1.165) is 25.7 Å². The predicted octanol–water partition coefficient (Wildman–Crippen LogP) is 1.10. The molecule has 1 aliphatic carbocycles. The van der Waals surface area contributed by atoms with Crippen molar-refractivity contribution in [3.63, 3.8) is 0 Å². The maximum Gasteiger partial charge on any atom is 0.326 e. The lowest BCUT2D eigenvalue weighted by molar-refractivity contribution is -0.153. The first kappa shape index (κ1) is 12.5. The predicted molar refractivity (Wildman–Crippen MR) is 57.7 cm³/mol. The van der Waals surface area contributed by atoms with Crippen LogP contribution in [0.15, 0.2) is 0 Å². The van der Waals surface area contributed by atoms with Gasteiger partial charge < -0.3 is 14.8 Å². The molecule has 0 aromatic carbocycles. The highest BCUT2D eigenvalue weighted by Crippen LogP contribution is 2.30. The van der Waals surface area contributed by atoms with Gasteiger partial charge in [-0.3, -0.25) is 4.79 Å². The van der Waals surface area contributed by atoms with Crippen LogP contribution in [0.1, 0.15) is 32.6 Å². The standard InChI is InChI=1S/C11H21NO3/c1-4-15-10(13)11(12-2)7-5-9(14-3)6-8-11/h9,12H,4-8H2,1-3H3. The number of ether oxygens (including phenoxy) is 2. The molecule has 1 aliphatic rings. The van der Waals surface area contributed by atoms with Crippen LogP contribution in [0.3, 0.4) is 0 Å². The summed E-state index contributed by atoms with van der Waals surface area (Å²) in [5, 5.41) is 3.12. The fourth-order valence-electron chi connectivity index (χ4n) is 2.15. The Morgan fingerprint density at radius 1 is 1.47 bits per heavy atom. The minimum absolute atomic E-state index is 0.123. The van der Waals surface area contributed by atoms with Gasteiger partial charge in [-0.2, -0.15) is 0 Å². The number of methoxy groups -OCH3 is 1. The number of carbonyl (C=O) groups is 1. The zero-order chi connectivity index (χ0) is 11.3. The number of carbonyl (C=O) groups excluding carboxylic acids is 1. The number of nitrogens with one attached hydrogen (secondary N) is 1. The lowest BCUT2D eigenvalue weighted by atomic mass is 9.80. The summed E-state index contributed by atoms with van der Waals surface area (Å²) >= 11 is 0. The van der Waals surface area contributed by atoms with E-state index >= 15 is 0 Å². The highest BCUT2D eigenvalue weighted by Gasteiger charge is 2.41. The molecule has 0 aromatic rings. The molecule has 4 nitrogen and oxygen atoms in total. The normalized spacial score (nSPS) is 31.3. The van der Waals surface area contributed by atoms with Gasteiger partial charge in [0.05, 0.1) is 12.7 Å². The fraction of sp³-hybridized carbons (Fsp3) is 0.909. The lowest BCUT2D eigenvalue weighted by Crippen LogP contribution is -2.54. The number of esters is 1. The summed E-state index contributed by atoms with van der Waals surface area (Å²) in [5.41, 5.74) is -0.481. The maximum atomic E-state index is 11.8. The van der Waals surface area contributed by atoms with E-state index < -0.39 is 5.54 Å². The van der Waals surface area contributed by atoms with Crippen molar-refractivity contribution in [2.75, 3.05) is 20.8 Å². The van der Waals surface area contributed by atoms with E-state index in [4.69, 9.17) is 9.47 Å². The highest BCUT2D eigenvalue weighted by atomic mass is 16.5. The zero-order valence-electron chi connectivity index (χ0n) is 9.84. The molecule has 0 unspecified atom stereocenters. The van der Waals surface area contributed by atoms with Gasteiger partial charge in [-0.25, -0.2) is 0 Å². The third kappa shape index (κ3) is 2.69. The van der Waals surface area contributed by atoms with Crippen molar-refractivity contribution in [2.24, 2.45) is 0 Å². The SMILES string of the molecule is CCOC(=O)C1(NC)CCC(OC)CC1. The van der Waals surface area contributed by atoms with E-state index in [1.807, 2.05) is 14.0 Å². The van der Waals surface area contributed by atoms with E-state index in [0.29, 0.717) is 12.7 Å². The van der Waals surface area contributed by atoms with Crippen molar-refractivity contribution in [2.45, 2.75) is 44.2 Å². The van der Waals surface area contributed by atoms with Gasteiger partial charge in [0.15, 0.2) is 0 Å². The third-order valence-corrected chi connectivity index (χ3v) is 3.26. The Hall–Kier alpha value is -0.610. The minimum Gasteiger partial charge on any atom is -0.465 e. The van der Waals surface area contributed by atoms with Gasteiger partial charge in [0, 0.05) is 7.11 Å². The molecule has 4 heteroatoms. The molecule has 0 aliphatic heterocycles. The molecule has 0 radical (unpaired) electrons. The Labute approximate surface area is 91.3 Å². The Morgan fingerprint density at radius 2 is 2.07 bits per heavy atom. The van der Waals surface area contributed by atoms with Crippen LogP contribution < -0.4 is 5.32 Å². The summed E-state index contributed by atoms with van der Waals surface area (Å²) in [6.07, 6.45) is 3.70. The van der Waals surface area contributed by atoms with Crippen molar-refractivity contribution < 1.29 is 14.3 Å². The summed E-state index contributed by atoms with van der Waals surface area (Å²) in [6, 6.07) is 0. The van der Waals surface area contributed by atoms with Crippen LogP contribution in [0, 0.1) is 0 Å². The molecule has 1 saturated carbocycles. The molecule has 1 N–H and O–H groups in total. The molecule has 88 valence electrons. The second-order valence-electron chi connectivity index (χ2n) is 3.99. The van der Waals surface area contributed by atoms with Gasteiger partial charge in [0.25, 0.3) is 0 Å². The van der Waals surface area contributed by atoms with Crippen LogP contribution in [0.25, 0.3) is 0 Å². The largest absolute Gasteiger partial charge is 0.465 e. The lowest BCUT2D eigenvalue weighted by Gasteiger charge is -2.37. The first-order valence-electron chi connectivity index (χ1n) is 5.57. The molecule has 0 aromatic heterocycles. The molecule has 1 fully saturated rings. The molecule has 0 amide bonds. The van der Waals surface area contributed by atoms with Crippen molar-refractivity contribution in [3.05, 3.63) is 0 Å². The number of rotatable bonds is 4. The smallest absolute Gasteiger partial charge is 0.326 e. The second-order valence-corrected chi connectivity index (χ2v) is 3.99. The highest BCUT2D eigenvalue weighted by molar-refractivity contribution is 5.81. The summed E-state index contributed by atoms with van der Waals surface area (Å²) in [6.45, 7) is 2.28. The summed E-state index contributed by atoms with van der Waals surface area (Å²) < 4.78 is 10.4. The molecule has 0 heterocycles. The van der Waals surface area contributed by atoms with Crippen molar-refractivity contribution >= 4 is 5.97 Å². The van der Waals surface area contributed by atoms with Crippen LogP contribution in [0.2, 0.25) is 0 Å². The summed E-state index contributed by atoms with van der Waals surface area (Å²) in [5.74, 6) is -0.123. The van der Waals surface area contributed by atoms with Gasteiger partial charge in [0.1, 0.15) is 5.54 Å². The van der Waals surface area contributed by atoms with Crippen molar-refractivity contribution in [3.8, 4) is 0 Å². The first-order valence-corrected chi connectivity index (χ1v) is 5.57. The van der Waals surface area contributed by atoms with Gasteiger partial charge in [-0.1, -0.05) is 0 Å². The Morgan fingerprint density at radius 3 is 2.47 bits per heavy atom.